The lowest BCUT2D eigenvalue weighted by molar-refractivity contribution is 0.0893. The maximum atomic E-state index is 12.0. The highest BCUT2D eigenvalue weighted by molar-refractivity contribution is 7.08. The van der Waals surface area contributed by atoms with E-state index in [2.05, 4.69) is 10.2 Å². The van der Waals surface area contributed by atoms with Crippen molar-refractivity contribution in [2.75, 3.05) is 13.1 Å². The number of carbonyl (C=O) groups excluding carboxylic acids is 1. The number of piperidine rings is 1. The summed E-state index contributed by atoms with van der Waals surface area (Å²) in [5.41, 5.74) is 0.809. The van der Waals surface area contributed by atoms with Gasteiger partial charge >= 0.3 is 0 Å². The van der Waals surface area contributed by atoms with Gasteiger partial charge in [-0.05, 0) is 37.1 Å². The molecule has 104 valence electrons. The van der Waals surface area contributed by atoms with E-state index in [9.17, 15) is 4.79 Å². The van der Waals surface area contributed by atoms with Gasteiger partial charge in [-0.15, -0.1) is 0 Å². The standard InChI is InChI=1S/C15H22N2OS/c18-15(12-7-10-19-11-12)16-13-5-8-17(9-6-13)14-3-1-2-4-14/h7,10-11,13-14H,1-6,8-9H2,(H,16,18). The summed E-state index contributed by atoms with van der Waals surface area (Å²) < 4.78 is 0. The maximum absolute atomic E-state index is 12.0. The molecule has 0 radical (unpaired) electrons. The van der Waals surface area contributed by atoms with Gasteiger partial charge in [0.05, 0.1) is 0 Å². The molecule has 1 amide bonds. The number of hydrogen-bond acceptors (Lipinski definition) is 3. The zero-order valence-electron chi connectivity index (χ0n) is 11.3. The minimum Gasteiger partial charge on any atom is -0.349 e. The third kappa shape index (κ3) is 3.18. The van der Waals surface area contributed by atoms with Gasteiger partial charge in [-0.25, -0.2) is 0 Å². The van der Waals surface area contributed by atoms with Crippen LogP contribution in [0, 0.1) is 0 Å². The van der Waals surface area contributed by atoms with Crippen molar-refractivity contribution in [3.63, 3.8) is 0 Å². The Bertz CT molecular complexity index is 404. The fourth-order valence-corrected chi connectivity index (χ4v) is 3.98. The van der Waals surface area contributed by atoms with E-state index in [1.165, 1.54) is 25.7 Å². The first-order valence-corrected chi connectivity index (χ1v) is 8.34. The number of rotatable bonds is 3. The summed E-state index contributed by atoms with van der Waals surface area (Å²) in [6.07, 6.45) is 7.77. The van der Waals surface area contributed by atoms with Crippen molar-refractivity contribution < 1.29 is 4.79 Å². The van der Waals surface area contributed by atoms with Gasteiger partial charge in [0.1, 0.15) is 0 Å². The molecule has 1 aromatic heterocycles. The molecule has 2 heterocycles. The third-order valence-electron chi connectivity index (χ3n) is 4.49. The van der Waals surface area contributed by atoms with Crippen molar-refractivity contribution in [2.24, 2.45) is 0 Å². The molecule has 4 heteroatoms. The summed E-state index contributed by atoms with van der Waals surface area (Å²) in [6.45, 7) is 2.30. The van der Waals surface area contributed by atoms with E-state index in [1.807, 2.05) is 16.8 Å². The second-order valence-electron chi connectivity index (χ2n) is 5.73. The number of hydrogen-bond donors (Lipinski definition) is 1. The Balaban J connectivity index is 1.46. The van der Waals surface area contributed by atoms with Crippen LogP contribution in [0.15, 0.2) is 16.8 Å². The first-order valence-electron chi connectivity index (χ1n) is 7.40. The first kappa shape index (κ1) is 13.1. The second-order valence-corrected chi connectivity index (χ2v) is 6.51. The smallest absolute Gasteiger partial charge is 0.252 e. The van der Waals surface area contributed by atoms with E-state index in [0.717, 1.165) is 37.5 Å². The largest absolute Gasteiger partial charge is 0.349 e. The number of amides is 1. The van der Waals surface area contributed by atoms with Crippen LogP contribution in [0.3, 0.4) is 0 Å². The molecule has 0 spiro atoms. The van der Waals surface area contributed by atoms with Crippen LogP contribution in [0.5, 0.6) is 0 Å². The highest BCUT2D eigenvalue weighted by Gasteiger charge is 2.27. The van der Waals surface area contributed by atoms with Gasteiger partial charge in [-0.3, -0.25) is 4.79 Å². The SMILES string of the molecule is O=C(NC1CCN(C2CCCC2)CC1)c1ccsc1. The van der Waals surface area contributed by atoms with Crippen LogP contribution in [0.25, 0.3) is 0 Å². The molecule has 19 heavy (non-hydrogen) atoms. The molecule has 1 aromatic rings. The van der Waals surface area contributed by atoms with Crippen LogP contribution in [0.2, 0.25) is 0 Å². The molecule has 2 aliphatic rings. The average molecular weight is 278 g/mol. The van der Waals surface area contributed by atoms with Crippen LogP contribution in [-0.2, 0) is 0 Å². The van der Waals surface area contributed by atoms with Gasteiger partial charge in [0.2, 0.25) is 0 Å². The number of thiophene rings is 1. The summed E-state index contributed by atoms with van der Waals surface area (Å²) in [5, 5.41) is 7.05. The van der Waals surface area contributed by atoms with E-state index >= 15 is 0 Å². The van der Waals surface area contributed by atoms with Crippen molar-refractivity contribution in [2.45, 2.75) is 50.6 Å². The Hall–Kier alpha value is -0.870. The molecule has 0 aromatic carbocycles. The third-order valence-corrected chi connectivity index (χ3v) is 5.17. The molecule has 1 aliphatic carbocycles. The quantitative estimate of drug-likeness (QED) is 0.922. The van der Waals surface area contributed by atoms with Crippen LogP contribution in [-0.4, -0.2) is 36.0 Å². The second kappa shape index (κ2) is 6.06. The lowest BCUT2D eigenvalue weighted by atomic mass is 10.0. The number of likely N-dealkylation sites (tertiary alicyclic amines) is 1. The molecule has 0 bridgehead atoms. The molecule has 2 fully saturated rings. The number of carbonyl (C=O) groups is 1. The van der Waals surface area contributed by atoms with Crippen molar-refractivity contribution in [3.8, 4) is 0 Å². The monoisotopic (exact) mass is 278 g/mol. The Labute approximate surface area is 119 Å². The summed E-state index contributed by atoms with van der Waals surface area (Å²) in [7, 11) is 0. The zero-order chi connectivity index (χ0) is 13.1. The minimum atomic E-state index is 0.0977. The molecule has 3 rings (SSSR count). The van der Waals surface area contributed by atoms with E-state index in [-0.39, 0.29) is 5.91 Å². The highest BCUT2D eigenvalue weighted by Crippen LogP contribution is 2.26. The van der Waals surface area contributed by atoms with Crippen LogP contribution >= 0.6 is 11.3 Å². The van der Waals surface area contributed by atoms with Gasteiger partial charge in [-0.1, -0.05) is 12.8 Å². The average Bonchev–Trinajstić information content (AvgIpc) is 3.13. The molecular weight excluding hydrogens is 256 g/mol. The van der Waals surface area contributed by atoms with E-state index < -0.39 is 0 Å². The Morgan fingerprint density at radius 1 is 1.21 bits per heavy atom. The number of nitrogens with one attached hydrogen (secondary N) is 1. The van der Waals surface area contributed by atoms with Crippen LogP contribution in [0.4, 0.5) is 0 Å². The van der Waals surface area contributed by atoms with Crippen molar-refractivity contribution in [1.29, 1.82) is 0 Å². The molecule has 1 saturated carbocycles. The predicted octanol–water partition coefficient (Wildman–Crippen LogP) is 2.88. The molecule has 0 atom stereocenters. The molecule has 0 unspecified atom stereocenters. The Morgan fingerprint density at radius 2 is 1.95 bits per heavy atom. The van der Waals surface area contributed by atoms with E-state index in [0.29, 0.717) is 6.04 Å². The molecule has 1 aliphatic heterocycles. The van der Waals surface area contributed by atoms with E-state index in [1.54, 1.807) is 11.3 Å². The summed E-state index contributed by atoms with van der Waals surface area (Å²) >= 11 is 1.58. The fourth-order valence-electron chi connectivity index (χ4n) is 3.34. The molecule has 1 N–H and O–H groups in total. The molecular formula is C15H22N2OS. The topological polar surface area (TPSA) is 32.3 Å². The van der Waals surface area contributed by atoms with Crippen LogP contribution in [0.1, 0.15) is 48.9 Å². The summed E-state index contributed by atoms with van der Waals surface area (Å²) in [6, 6.07) is 3.09. The normalized spacial score (nSPS) is 22.7. The van der Waals surface area contributed by atoms with Crippen LogP contribution < -0.4 is 5.32 Å². The van der Waals surface area contributed by atoms with Gasteiger partial charge in [-0.2, -0.15) is 11.3 Å². The van der Waals surface area contributed by atoms with Gasteiger partial charge < -0.3 is 10.2 Å². The predicted molar refractivity (Wildman–Crippen MR) is 78.6 cm³/mol. The molecule has 1 saturated heterocycles. The zero-order valence-corrected chi connectivity index (χ0v) is 12.1. The number of nitrogens with zero attached hydrogens (tertiary/aromatic N) is 1. The fraction of sp³-hybridized carbons (Fsp3) is 0.667. The molecule has 3 nitrogen and oxygen atoms in total. The van der Waals surface area contributed by atoms with Gasteiger partial charge in [0.15, 0.2) is 0 Å². The summed E-state index contributed by atoms with van der Waals surface area (Å²) in [4.78, 5) is 14.6. The first-order chi connectivity index (χ1) is 9.33. The van der Waals surface area contributed by atoms with E-state index in [4.69, 9.17) is 0 Å². The van der Waals surface area contributed by atoms with Crippen molar-refractivity contribution >= 4 is 17.2 Å². The Kier molecular flexibility index (Phi) is 4.18. The Morgan fingerprint density at radius 3 is 2.58 bits per heavy atom. The van der Waals surface area contributed by atoms with Gasteiger partial charge in [0.25, 0.3) is 5.91 Å². The van der Waals surface area contributed by atoms with Crippen molar-refractivity contribution in [1.82, 2.24) is 10.2 Å². The van der Waals surface area contributed by atoms with Gasteiger partial charge in [0, 0.05) is 36.1 Å². The lowest BCUT2D eigenvalue weighted by Crippen LogP contribution is -2.47. The lowest BCUT2D eigenvalue weighted by Gasteiger charge is -2.36. The van der Waals surface area contributed by atoms with Crippen molar-refractivity contribution in [3.05, 3.63) is 22.4 Å². The minimum absolute atomic E-state index is 0.0977. The summed E-state index contributed by atoms with van der Waals surface area (Å²) in [5.74, 6) is 0.0977. The highest BCUT2D eigenvalue weighted by atomic mass is 32.1. The maximum Gasteiger partial charge on any atom is 0.252 e.